The van der Waals surface area contributed by atoms with E-state index in [4.69, 9.17) is 23.7 Å². The topological polar surface area (TPSA) is 66.4 Å². The molecule has 1 N–H and O–H groups in total. The number of benzene rings is 2. The second-order valence-electron chi connectivity index (χ2n) is 8.24. The van der Waals surface area contributed by atoms with Crippen LogP contribution in [-0.4, -0.2) is 39.3 Å². The first-order chi connectivity index (χ1) is 15.0. The van der Waals surface area contributed by atoms with Crippen molar-refractivity contribution in [1.29, 1.82) is 0 Å². The van der Waals surface area contributed by atoms with Gasteiger partial charge in [0.1, 0.15) is 23.0 Å². The zero-order chi connectivity index (χ0) is 22.2. The summed E-state index contributed by atoms with van der Waals surface area (Å²) >= 11 is 0. The number of fused-ring (bicyclic) bond motifs is 1. The van der Waals surface area contributed by atoms with Crippen LogP contribution in [0.15, 0.2) is 24.3 Å². The summed E-state index contributed by atoms with van der Waals surface area (Å²) in [6, 6.07) is 7.69. The summed E-state index contributed by atoms with van der Waals surface area (Å²) in [5.41, 5.74) is 4.01. The summed E-state index contributed by atoms with van der Waals surface area (Å²) in [4.78, 5) is 0. The quantitative estimate of drug-likeness (QED) is 0.698. The van der Waals surface area contributed by atoms with Gasteiger partial charge in [-0.15, -0.1) is 0 Å². The van der Waals surface area contributed by atoms with E-state index < -0.39 is 11.9 Å². The summed E-state index contributed by atoms with van der Waals surface area (Å²) < 4.78 is 29.4. The van der Waals surface area contributed by atoms with Crippen molar-refractivity contribution in [2.75, 3.05) is 28.4 Å². The molecule has 0 saturated heterocycles. The fourth-order valence-corrected chi connectivity index (χ4v) is 5.19. The molecule has 168 valence electrons. The maximum absolute atomic E-state index is 11.9. The highest BCUT2D eigenvalue weighted by molar-refractivity contribution is 5.58. The lowest BCUT2D eigenvalue weighted by Crippen LogP contribution is -2.47. The van der Waals surface area contributed by atoms with Gasteiger partial charge in [-0.25, -0.2) is 0 Å². The molecular weight excluding hydrogens is 396 g/mol. The molecule has 0 saturated carbocycles. The molecule has 0 aromatic heterocycles. The normalized spacial score (nSPS) is 23.9. The Balaban J connectivity index is 1.99. The van der Waals surface area contributed by atoms with Crippen molar-refractivity contribution in [2.45, 2.75) is 56.8 Å². The number of aliphatic hydroxyl groups is 1. The smallest absolute Gasteiger partial charge is 0.173 e. The van der Waals surface area contributed by atoms with Gasteiger partial charge in [-0.2, -0.15) is 0 Å². The number of hydrogen-bond donors (Lipinski definition) is 1. The lowest BCUT2D eigenvalue weighted by Gasteiger charge is -2.47. The Kier molecular flexibility index (Phi) is 6.04. The van der Waals surface area contributed by atoms with Gasteiger partial charge < -0.3 is 28.8 Å². The average molecular weight is 429 g/mol. The maximum atomic E-state index is 11.9. The van der Waals surface area contributed by atoms with Gasteiger partial charge in [0.2, 0.25) is 0 Å². The highest BCUT2D eigenvalue weighted by Gasteiger charge is 2.51. The van der Waals surface area contributed by atoms with Crippen LogP contribution >= 0.6 is 0 Å². The summed E-state index contributed by atoms with van der Waals surface area (Å²) in [6.45, 7) is 2.12. The summed E-state index contributed by atoms with van der Waals surface area (Å²) in [6.07, 6.45) is 3.05. The van der Waals surface area contributed by atoms with E-state index >= 15 is 0 Å². The third kappa shape index (κ3) is 3.52. The molecular formula is C25H32O6. The molecule has 6 nitrogen and oxygen atoms in total. The molecule has 2 aromatic carbocycles. The van der Waals surface area contributed by atoms with E-state index in [0.717, 1.165) is 58.1 Å². The number of unbranched alkanes of at least 4 members (excludes halogenated alkanes) is 1. The van der Waals surface area contributed by atoms with Gasteiger partial charge >= 0.3 is 0 Å². The first-order valence-corrected chi connectivity index (χ1v) is 10.9. The van der Waals surface area contributed by atoms with E-state index in [1.807, 2.05) is 24.3 Å². The highest BCUT2D eigenvalue weighted by atomic mass is 16.6. The molecule has 0 spiro atoms. The van der Waals surface area contributed by atoms with Crippen LogP contribution in [0.5, 0.6) is 23.0 Å². The molecule has 2 bridgehead atoms. The van der Waals surface area contributed by atoms with Gasteiger partial charge in [-0.1, -0.05) is 13.3 Å². The van der Waals surface area contributed by atoms with Crippen molar-refractivity contribution in [2.24, 2.45) is 0 Å². The Morgan fingerprint density at radius 1 is 0.839 bits per heavy atom. The zero-order valence-corrected chi connectivity index (χ0v) is 19.0. The predicted octanol–water partition coefficient (Wildman–Crippen LogP) is 4.55. The van der Waals surface area contributed by atoms with Crippen LogP contribution in [0.2, 0.25) is 0 Å². The van der Waals surface area contributed by atoms with Crippen LogP contribution in [0.4, 0.5) is 0 Å². The minimum Gasteiger partial charge on any atom is -0.496 e. The molecule has 3 atom stereocenters. The number of methoxy groups -OCH3 is 4. The average Bonchev–Trinajstić information content (AvgIpc) is 2.78. The molecule has 3 aliphatic rings. The minimum atomic E-state index is -1.31. The highest BCUT2D eigenvalue weighted by Crippen LogP contribution is 2.56. The SMILES string of the molecule is CCCCC1(O)OC2Cc3c(OC)ccc(OC)c3CC1c1c(OC)ccc(OC)c12. The van der Waals surface area contributed by atoms with Gasteiger partial charge in [0.15, 0.2) is 5.79 Å². The fourth-order valence-electron chi connectivity index (χ4n) is 5.19. The molecule has 0 radical (unpaired) electrons. The van der Waals surface area contributed by atoms with Crippen molar-refractivity contribution >= 4 is 0 Å². The van der Waals surface area contributed by atoms with E-state index in [0.29, 0.717) is 19.3 Å². The van der Waals surface area contributed by atoms with Crippen LogP contribution in [-0.2, 0) is 17.6 Å². The zero-order valence-electron chi connectivity index (χ0n) is 19.0. The van der Waals surface area contributed by atoms with E-state index in [-0.39, 0.29) is 5.92 Å². The van der Waals surface area contributed by atoms with E-state index in [1.54, 1.807) is 28.4 Å². The summed E-state index contributed by atoms with van der Waals surface area (Å²) in [5.74, 6) is 1.44. The Labute approximate surface area is 184 Å². The first kappa shape index (κ1) is 21.8. The molecule has 1 aliphatic carbocycles. The molecule has 2 heterocycles. The molecule has 2 aromatic rings. The Bertz CT molecular complexity index is 956. The minimum absolute atomic E-state index is 0.338. The van der Waals surface area contributed by atoms with Crippen LogP contribution in [0.25, 0.3) is 0 Å². The number of rotatable bonds is 7. The van der Waals surface area contributed by atoms with E-state index in [2.05, 4.69) is 6.92 Å². The van der Waals surface area contributed by atoms with Crippen molar-refractivity contribution in [3.8, 4) is 23.0 Å². The molecule has 3 unspecified atom stereocenters. The molecule has 6 heteroatoms. The molecule has 2 aliphatic heterocycles. The Hall–Kier alpha value is -2.44. The Morgan fingerprint density at radius 2 is 1.35 bits per heavy atom. The Morgan fingerprint density at radius 3 is 1.90 bits per heavy atom. The molecule has 31 heavy (non-hydrogen) atoms. The molecule has 5 rings (SSSR count). The van der Waals surface area contributed by atoms with Crippen molar-refractivity contribution < 1.29 is 28.8 Å². The third-order valence-corrected chi connectivity index (χ3v) is 6.68. The van der Waals surface area contributed by atoms with Crippen LogP contribution in [0.1, 0.15) is 60.5 Å². The third-order valence-electron chi connectivity index (χ3n) is 6.68. The summed E-state index contributed by atoms with van der Waals surface area (Å²) in [7, 11) is 6.68. The van der Waals surface area contributed by atoms with Crippen molar-refractivity contribution in [3.05, 3.63) is 46.5 Å². The predicted molar refractivity (Wildman–Crippen MR) is 118 cm³/mol. The van der Waals surface area contributed by atoms with Gasteiger partial charge in [-0.05, 0) is 37.1 Å². The fraction of sp³-hybridized carbons (Fsp3) is 0.520. The van der Waals surface area contributed by atoms with Crippen molar-refractivity contribution in [1.82, 2.24) is 0 Å². The van der Waals surface area contributed by atoms with Crippen molar-refractivity contribution in [3.63, 3.8) is 0 Å². The number of hydrogen-bond acceptors (Lipinski definition) is 6. The van der Waals surface area contributed by atoms with Crippen LogP contribution in [0.3, 0.4) is 0 Å². The van der Waals surface area contributed by atoms with Crippen LogP contribution < -0.4 is 18.9 Å². The second-order valence-corrected chi connectivity index (χ2v) is 8.24. The van der Waals surface area contributed by atoms with Gasteiger partial charge in [0, 0.05) is 41.0 Å². The first-order valence-electron chi connectivity index (χ1n) is 10.9. The second kappa shape index (κ2) is 8.60. The lowest BCUT2D eigenvalue weighted by atomic mass is 9.72. The van der Waals surface area contributed by atoms with E-state index in [1.165, 1.54) is 0 Å². The van der Waals surface area contributed by atoms with Gasteiger partial charge in [0.25, 0.3) is 0 Å². The monoisotopic (exact) mass is 428 g/mol. The van der Waals surface area contributed by atoms with Crippen LogP contribution in [0, 0.1) is 0 Å². The van der Waals surface area contributed by atoms with E-state index in [9.17, 15) is 5.11 Å². The number of ether oxygens (including phenoxy) is 5. The van der Waals surface area contributed by atoms with Gasteiger partial charge in [0.05, 0.1) is 34.5 Å². The summed E-state index contributed by atoms with van der Waals surface area (Å²) in [5, 5.41) is 11.9. The molecule has 0 fully saturated rings. The molecule has 0 amide bonds. The standard InChI is InChI=1S/C25H32O6/c1-6-7-12-25(26)17-13-15-16(19(28-3)9-8-18(15)27-2)14-22(31-25)24-21(30-5)11-10-20(29-4)23(17)24/h8-11,17,22,26H,6-7,12-14H2,1-5H3. The van der Waals surface area contributed by atoms with Gasteiger partial charge in [-0.3, -0.25) is 0 Å². The maximum Gasteiger partial charge on any atom is 0.173 e. The largest absolute Gasteiger partial charge is 0.496 e. The lowest BCUT2D eigenvalue weighted by molar-refractivity contribution is -0.261.